The molecular formula is C30H43BN2NaO9. The molecular weight excluding hydrogens is 566 g/mol. The molecule has 0 aromatic heterocycles. The zero-order valence-electron chi connectivity index (χ0n) is 26.5. The van der Waals surface area contributed by atoms with Gasteiger partial charge in [-0.1, -0.05) is 30.3 Å². The molecule has 6 unspecified atom stereocenters. The van der Waals surface area contributed by atoms with Crippen LogP contribution >= 0.6 is 0 Å². The van der Waals surface area contributed by atoms with Crippen molar-refractivity contribution in [2.24, 2.45) is 5.92 Å². The second-order valence-electron chi connectivity index (χ2n) is 11.4. The molecule has 7 rings (SSSR count). The Hall–Kier alpha value is -1.67. The number of aliphatic hydroxyl groups excluding tert-OH is 2. The van der Waals surface area contributed by atoms with Gasteiger partial charge in [0.25, 0.3) is 0 Å². The first-order valence-electron chi connectivity index (χ1n) is 14.9. The van der Waals surface area contributed by atoms with Crippen molar-refractivity contribution in [2.75, 3.05) is 19.8 Å². The van der Waals surface area contributed by atoms with Crippen molar-refractivity contribution in [3.05, 3.63) is 35.9 Å². The summed E-state index contributed by atoms with van der Waals surface area (Å²) in [7, 11) is 0. The molecule has 43 heavy (non-hydrogen) atoms. The summed E-state index contributed by atoms with van der Waals surface area (Å²) in [5, 5.41) is 17.2. The maximum absolute atomic E-state index is 12.4. The molecule has 6 heterocycles. The molecule has 1 aromatic carbocycles. The fraction of sp³-hybridized carbons (Fsp3) is 0.700. The molecule has 6 aliphatic heterocycles. The van der Waals surface area contributed by atoms with Crippen LogP contribution in [0.4, 0.5) is 9.59 Å². The Labute approximate surface area is 278 Å². The summed E-state index contributed by atoms with van der Waals surface area (Å²) in [6.45, 7) is 6.34. The number of fused-ring (bicyclic) bond motifs is 10. The van der Waals surface area contributed by atoms with E-state index in [9.17, 15) is 19.5 Å². The first-order valence-corrected chi connectivity index (χ1v) is 14.9. The predicted octanol–water partition coefficient (Wildman–Crippen LogP) is -0.502. The summed E-state index contributed by atoms with van der Waals surface area (Å²) in [6, 6.07) is 9.64. The number of nitrogens with zero attached hydrogens (tertiary/aromatic N) is 2. The van der Waals surface area contributed by atoms with Gasteiger partial charge in [-0.3, -0.25) is 14.6 Å². The second-order valence-corrected chi connectivity index (χ2v) is 11.4. The number of morpholine rings is 2. The van der Waals surface area contributed by atoms with E-state index in [4.69, 9.17) is 24.1 Å². The van der Waals surface area contributed by atoms with Crippen LogP contribution in [-0.4, -0.2) is 121 Å². The van der Waals surface area contributed by atoms with Crippen LogP contribution in [0.15, 0.2) is 30.3 Å². The monoisotopic (exact) mass is 609 g/mol. The van der Waals surface area contributed by atoms with Crippen molar-refractivity contribution in [2.45, 2.75) is 108 Å². The van der Waals surface area contributed by atoms with Gasteiger partial charge < -0.3 is 30.6 Å². The number of aliphatic hydroxyl groups is 2. The topological polar surface area (TPSA) is 142 Å². The van der Waals surface area contributed by atoms with Gasteiger partial charge in [-0.25, -0.2) is 9.59 Å². The molecule has 0 aliphatic carbocycles. The van der Waals surface area contributed by atoms with E-state index in [0.717, 1.165) is 18.4 Å². The van der Waals surface area contributed by atoms with Crippen LogP contribution in [0, 0.1) is 5.92 Å². The number of Topliss-reactive ketones (excluding diaryl/α,β-unsaturated/α-hetero) is 1. The maximum atomic E-state index is 12.4. The van der Waals surface area contributed by atoms with Gasteiger partial charge >= 0.3 is 41.7 Å². The number of piperidine rings is 2. The summed E-state index contributed by atoms with van der Waals surface area (Å²) in [5.41, 5.74) is 0.772. The Morgan fingerprint density at radius 2 is 1.21 bits per heavy atom. The fourth-order valence-corrected chi connectivity index (χ4v) is 7.17. The van der Waals surface area contributed by atoms with E-state index in [0.29, 0.717) is 38.4 Å². The quantitative estimate of drug-likeness (QED) is 0.257. The molecule has 0 spiro atoms. The van der Waals surface area contributed by atoms with Crippen molar-refractivity contribution in [3.63, 3.8) is 0 Å². The number of hydrogen-bond acceptors (Lipinski definition) is 9. The van der Waals surface area contributed by atoms with E-state index in [-0.39, 0.29) is 119 Å². The van der Waals surface area contributed by atoms with Gasteiger partial charge in [-0.05, 0) is 52.4 Å². The Bertz CT molecular complexity index is 1070. The minimum atomic E-state index is -0.290. The number of ketones is 1. The van der Waals surface area contributed by atoms with E-state index in [1.165, 1.54) is 0 Å². The molecule has 6 saturated heterocycles. The Balaban J connectivity index is 0.000000281. The third-order valence-electron chi connectivity index (χ3n) is 8.77. The first-order chi connectivity index (χ1) is 19.8. The van der Waals surface area contributed by atoms with Crippen LogP contribution in [0.3, 0.4) is 0 Å². The SMILES string of the molecule is CCO.CCOC(=O)N1C2CC(CC(=O)c3ccccc3)CC1[C@@H]1O[C@H]21.CCOC(=O)N1C2CC(O)CC1[C@@H]1O[C@H]21.[B].[H-].[Na+]. The summed E-state index contributed by atoms with van der Waals surface area (Å²) in [4.78, 5) is 39.9. The number of carbonyl (C=O) groups is 3. The molecule has 1 aromatic rings. The number of amides is 2. The molecule has 231 valence electrons. The number of ether oxygens (including phenoxy) is 4. The molecule has 6 aliphatic rings. The standard InChI is InChI=1S/C18H21NO4.C10H15NO4.C2H6O.B.Na.H/c1-2-22-18(21)19-13-8-11(9-14(19)17-16(13)23-17)10-15(20)12-6-4-3-5-7-12;1-2-14-10(13)11-6-3-5(12)4-7(11)9-8(6)15-9;1-2-3;;;/h3-7,11,13-14,16-17H,2,8-10H2,1H3;5-9,12H,2-4H2,1H3;3H,2H2,1H3;;;/q;;;;+1;-1/t11?,13?,14?,16-,17+;5?,6?,7?,8-,9+;;;;. The Kier molecular flexibility index (Phi) is 13.0. The van der Waals surface area contributed by atoms with Crippen LogP contribution in [0.1, 0.15) is 64.7 Å². The largest absolute Gasteiger partial charge is 1.00 e. The third-order valence-corrected chi connectivity index (χ3v) is 8.77. The Morgan fingerprint density at radius 1 is 0.814 bits per heavy atom. The summed E-state index contributed by atoms with van der Waals surface area (Å²) < 4.78 is 21.3. The Morgan fingerprint density at radius 3 is 1.60 bits per heavy atom. The van der Waals surface area contributed by atoms with Crippen molar-refractivity contribution in [3.8, 4) is 0 Å². The van der Waals surface area contributed by atoms with Crippen LogP contribution in [-0.2, 0) is 18.9 Å². The number of carbonyl (C=O) groups excluding carboxylic acids is 3. The van der Waals surface area contributed by atoms with Gasteiger partial charge in [-0.15, -0.1) is 0 Å². The number of epoxide rings is 2. The molecule has 4 bridgehead atoms. The smallest absolute Gasteiger partial charge is 1.00 e. The second kappa shape index (κ2) is 15.6. The molecule has 2 N–H and O–H groups in total. The van der Waals surface area contributed by atoms with Gasteiger partial charge in [0.1, 0.15) is 24.4 Å². The third kappa shape index (κ3) is 7.60. The van der Waals surface area contributed by atoms with Gasteiger partial charge in [0.05, 0.1) is 43.5 Å². The van der Waals surface area contributed by atoms with Crippen molar-refractivity contribution >= 4 is 26.4 Å². The van der Waals surface area contributed by atoms with Crippen LogP contribution < -0.4 is 29.6 Å². The van der Waals surface area contributed by atoms with E-state index < -0.39 is 0 Å². The van der Waals surface area contributed by atoms with E-state index in [1.807, 2.05) is 42.2 Å². The molecule has 11 nitrogen and oxygen atoms in total. The predicted molar refractivity (Wildman–Crippen MR) is 153 cm³/mol. The van der Waals surface area contributed by atoms with Gasteiger partial charge in [-0.2, -0.15) is 0 Å². The molecule has 3 radical (unpaired) electrons. The van der Waals surface area contributed by atoms with E-state index >= 15 is 0 Å². The number of hydrogen-bond donors (Lipinski definition) is 2. The average molecular weight is 609 g/mol. The number of benzene rings is 1. The zero-order valence-corrected chi connectivity index (χ0v) is 27.5. The van der Waals surface area contributed by atoms with E-state index in [1.54, 1.807) is 18.7 Å². The maximum Gasteiger partial charge on any atom is 1.00 e. The molecule has 0 saturated carbocycles. The minimum absolute atomic E-state index is 0. The first kappa shape index (κ1) is 35.8. The normalized spacial score (nSPS) is 34.7. The molecule has 6 fully saturated rings. The summed E-state index contributed by atoms with van der Waals surface area (Å²) >= 11 is 0. The molecule has 13 heteroatoms. The van der Waals surface area contributed by atoms with Gasteiger partial charge in [0.2, 0.25) is 0 Å². The van der Waals surface area contributed by atoms with Gasteiger partial charge in [0, 0.05) is 27.0 Å². The fourth-order valence-electron chi connectivity index (χ4n) is 7.17. The van der Waals surface area contributed by atoms with Crippen LogP contribution in [0.5, 0.6) is 0 Å². The number of rotatable bonds is 5. The van der Waals surface area contributed by atoms with E-state index in [2.05, 4.69) is 0 Å². The summed E-state index contributed by atoms with van der Waals surface area (Å²) in [6.07, 6.45) is 3.28. The van der Waals surface area contributed by atoms with Crippen molar-refractivity contribution < 1.29 is 74.5 Å². The average Bonchev–Trinajstić information content (AvgIpc) is 3.86. The van der Waals surface area contributed by atoms with Crippen molar-refractivity contribution in [1.29, 1.82) is 0 Å². The summed E-state index contributed by atoms with van der Waals surface area (Å²) in [5.74, 6) is 0.508. The molecule has 10 atom stereocenters. The van der Waals surface area contributed by atoms with Gasteiger partial charge in [0.15, 0.2) is 5.78 Å². The van der Waals surface area contributed by atoms with Crippen LogP contribution in [0.2, 0.25) is 0 Å². The minimum Gasteiger partial charge on any atom is -1.00 e. The molecule has 2 amide bonds. The van der Waals surface area contributed by atoms with Crippen LogP contribution in [0.25, 0.3) is 0 Å². The zero-order chi connectivity index (χ0) is 29.3. The van der Waals surface area contributed by atoms with Crippen molar-refractivity contribution in [1.82, 2.24) is 9.80 Å².